The van der Waals surface area contributed by atoms with E-state index in [9.17, 15) is 20.0 Å². The number of benzene rings is 2. The van der Waals surface area contributed by atoms with Crippen molar-refractivity contribution in [2.24, 2.45) is 0 Å². The molecule has 2 heterocycles. The van der Waals surface area contributed by atoms with Gasteiger partial charge in [-0.1, -0.05) is 18.2 Å². The number of fused-ring (bicyclic) bond motifs is 3. The molecule has 1 aliphatic heterocycles. The van der Waals surface area contributed by atoms with Crippen molar-refractivity contribution in [2.45, 2.75) is 12.0 Å². The lowest BCUT2D eigenvalue weighted by molar-refractivity contribution is -0.508. The molecule has 0 radical (unpaired) electrons. The smallest absolute Gasteiger partial charge is 0.344 e. The molecule has 0 bridgehead atoms. The van der Waals surface area contributed by atoms with Gasteiger partial charge in [-0.3, -0.25) is 15.5 Å². The SMILES string of the molecule is COc1cc(C2c3c(c4ccccc4oc3=O)OC(=N)C2[N+](=O)[O-])ccc1O. The van der Waals surface area contributed by atoms with Crippen molar-refractivity contribution in [1.29, 1.82) is 5.41 Å². The van der Waals surface area contributed by atoms with E-state index in [0.717, 1.165) is 0 Å². The minimum Gasteiger partial charge on any atom is -0.504 e. The van der Waals surface area contributed by atoms with Crippen LogP contribution in [0.1, 0.15) is 17.0 Å². The van der Waals surface area contributed by atoms with Crippen LogP contribution in [-0.4, -0.2) is 29.1 Å². The van der Waals surface area contributed by atoms with E-state index in [1.54, 1.807) is 24.3 Å². The molecular formula is C19H14N2O7. The van der Waals surface area contributed by atoms with Gasteiger partial charge in [0, 0.05) is 4.92 Å². The summed E-state index contributed by atoms with van der Waals surface area (Å²) in [5.41, 5.74) is -0.275. The number of phenolic OH excluding ortho intramolecular Hbond substituents is 1. The largest absolute Gasteiger partial charge is 0.504 e. The zero-order chi connectivity index (χ0) is 20.0. The predicted octanol–water partition coefficient (Wildman–Crippen LogP) is 2.65. The molecule has 142 valence electrons. The van der Waals surface area contributed by atoms with Gasteiger partial charge in [0.05, 0.1) is 24.0 Å². The number of nitro groups is 1. The Kier molecular flexibility index (Phi) is 3.99. The molecule has 3 aromatic rings. The molecular weight excluding hydrogens is 368 g/mol. The fraction of sp³-hybridized carbons (Fsp3) is 0.158. The molecule has 2 N–H and O–H groups in total. The third-order valence-electron chi connectivity index (χ3n) is 4.70. The highest BCUT2D eigenvalue weighted by atomic mass is 16.6. The lowest BCUT2D eigenvalue weighted by Gasteiger charge is -2.28. The number of phenols is 1. The van der Waals surface area contributed by atoms with E-state index in [0.29, 0.717) is 10.9 Å². The highest BCUT2D eigenvalue weighted by Gasteiger charge is 2.48. The number of hydrogen-bond acceptors (Lipinski definition) is 8. The molecule has 2 atom stereocenters. The molecule has 0 aliphatic carbocycles. The lowest BCUT2D eigenvalue weighted by atomic mass is 9.83. The van der Waals surface area contributed by atoms with Crippen LogP contribution in [0, 0.1) is 15.5 Å². The molecule has 9 heteroatoms. The summed E-state index contributed by atoms with van der Waals surface area (Å²) < 4.78 is 15.9. The summed E-state index contributed by atoms with van der Waals surface area (Å²) in [6, 6.07) is 9.11. The van der Waals surface area contributed by atoms with Gasteiger partial charge in [0.2, 0.25) is 0 Å². The standard InChI is InChI=1S/C19H14N2O7/c1-26-13-8-9(6-7-11(13)22)14-15-17(28-18(20)16(14)21(24)25)10-4-2-3-5-12(10)27-19(15)23/h2-8,14,16,20,22H,1H3. The van der Waals surface area contributed by atoms with E-state index in [1.807, 2.05) is 0 Å². The maximum atomic E-state index is 12.7. The first kappa shape index (κ1) is 17.5. The Balaban J connectivity index is 2.06. The normalized spacial score (nSPS) is 18.4. The van der Waals surface area contributed by atoms with Crippen molar-refractivity contribution >= 4 is 16.9 Å². The summed E-state index contributed by atoms with van der Waals surface area (Å²) >= 11 is 0. The van der Waals surface area contributed by atoms with Gasteiger partial charge in [-0.2, -0.15) is 0 Å². The Morgan fingerprint density at radius 1 is 1.25 bits per heavy atom. The fourth-order valence-electron chi connectivity index (χ4n) is 3.45. The molecule has 4 rings (SSSR count). The first-order chi connectivity index (χ1) is 13.4. The molecule has 0 fully saturated rings. The lowest BCUT2D eigenvalue weighted by Crippen LogP contribution is -2.44. The van der Waals surface area contributed by atoms with Gasteiger partial charge in [0.25, 0.3) is 11.9 Å². The molecule has 2 aromatic carbocycles. The number of nitrogens with zero attached hydrogens (tertiary/aromatic N) is 1. The van der Waals surface area contributed by atoms with Gasteiger partial charge >= 0.3 is 5.63 Å². The second kappa shape index (κ2) is 6.38. The van der Waals surface area contributed by atoms with E-state index in [-0.39, 0.29) is 28.4 Å². The number of hydrogen-bond donors (Lipinski definition) is 2. The van der Waals surface area contributed by atoms with Crippen LogP contribution in [0.3, 0.4) is 0 Å². The fourth-order valence-corrected chi connectivity index (χ4v) is 3.45. The molecule has 9 nitrogen and oxygen atoms in total. The minimum absolute atomic E-state index is 0.0517. The van der Waals surface area contributed by atoms with Crippen molar-refractivity contribution in [2.75, 3.05) is 7.11 Å². The van der Waals surface area contributed by atoms with E-state index in [1.165, 1.54) is 25.3 Å². The average Bonchev–Trinajstić information content (AvgIpc) is 2.67. The summed E-state index contributed by atoms with van der Waals surface area (Å²) in [5.74, 6) is -1.75. The van der Waals surface area contributed by atoms with Crippen LogP contribution in [0.15, 0.2) is 51.7 Å². The number of nitrogens with one attached hydrogen (secondary N) is 1. The zero-order valence-corrected chi connectivity index (χ0v) is 14.5. The van der Waals surface area contributed by atoms with Crippen molar-refractivity contribution in [3.05, 3.63) is 74.1 Å². The third kappa shape index (κ3) is 2.56. The number of methoxy groups -OCH3 is 1. The quantitative estimate of drug-likeness (QED) is 0.404. The van der Waals surface area contributed by atoms with Gasteiger partial charge in [-0.05, 0) is 29.8 Å². The molecule has 2 unspecified atom stereocenters. The van der Waals surface area contributed by atoms with Gasteiger partial charge in [-0.15, -0.1) is 0 Å². The minimum atomic E-state index is -1.63. The van der Waals surface area contributed by atoms with Gasteiger partial charge < -0.3 is 19.0 Å². The van der Waals surface area contributed by atoms with Crippen molar-refractivity contribution in [3.8, 4) is 17.2 Å². The Morgan fingerprint density at radius 2 is 2.00 bits per heavy atom. The van der Waals surface area contributed by atoms with Crippen molar-refractivity contribution < 1.29 is 23.9 Å². The highest BCUT2D eigenvalue weighted by Crippen LogP contribution is 2.43. The maximum absolute atomic E-state index is 12.7. The van der Waals surface area contributed by atoms with Crippen LogP contribution < -0.4 is 15.1 Å². The first-order valence-corrected chi connectivity index (χ1v) is 8.24. The van der Waals surface area contributed by atoms with Crippen LogP contribution in [0.5, 0.6) is 17.2 Å². The molecule has 0 amide bonds. The van der Waals surface area contributed by atoms with E-state index in [2.05, 4.69) is 0 Å². The van der Waals surface area contributed by atoms with Gasteiger partial charge in [0.1, 0.15) is 5.58 Å². The Morgan fingerprint density at radius 3 is 2.71 bits per heavy atom. The summed E-state index contributed by atoms with van der Waals surface area (Å²) in [5, 5.41) is 30.1. The van der Waals surface area contributed by atoms with Crippen molar-refractivity contribution in [1.82, 2.24) is 0 Å². The van der Waals surface area contributed by atoms with E-state index < -0.39 is 28.4 Å². The van der Waals surface area contributed by atoms with E-state index in [4.69, 9.17) is 19.3 Å². The van der Waals surface area contributed by atoms with Crippen molar-refractivity contribution in [3.63, 3.8) is 0 Å². The Hall–Kier alpha value is -3.88. The molecule has 28 heavy (non-hydrogen) atoms. The molecule has 0 saturated carbocycles. The third-order valence-corrected chi connectivity index (χ3v) is 4.70. The number of ether oxygens (including phenoxy) is 2. The monoisotopic (exact) mass is 382 g/mol. The highest BCUT2D eigenvalue weighted by molar-refractivity contribution is 5.92. The second-order valence-corrected chi connectivity index (χ2v) is 6.23. The van der Waals surface area contributed by atoms with Crippen LogP contribution in [-0.2, 0) is 0 Å². The summed E-state index contributed by atoms with van der Waals surface area (Å²) in [6.45, 7) is 0. The Labute approximate surface area is 157 Å². The van der Waals surface area contributed by atoms with Crippen LogP contribution in [0.2, 0.25) is 0 Å². The van der Waals surface area contributed by atoms with Gasteiger partial charge in [-0.25, -0.2) is 4.79 Å². The van der Waals surface area contributed by atoms with Crippen LogP contribution in [0.25, 0.3) is 11.0 Å². The number of aromatic hydroxyl groups is 1. The second-order valence-electron chi connectivity index (χ2n) is 6.23. The van der Waals surface area contributed by atoms with Crippen LogP contribution >= 0.6 is 0 Å². The molecule has 0 spiro atoms. The topological polar surface area (TPSA) is 136 Å². The maximum Gasteiger partial charge on any atom is 0.344 e. The van der Waals surface area contributed by atoms with E-state index >= 15 is 0 Å². The van der Waals surface area contributed by atoms with Gasteiger partial charge in [0.15, 0.2) is 17.2 Å². The molecule has 1 aliphatic rings. The number of rotatable bonds is 3. The average molecular weight is 382 g/mol. The summed E-state index contributed by atoms with van der Waals surface area (Å²) in [7, 11) is 1.34. The summed E-state index contributed by atoms with van der Waals surface area (Å²) in [6.07, 6.45) is 0. The first-order valence-electron chi connectivity index (χ1n) is 8.24. The number of para-hydroxylation sites is 1. The molecule has 1 aromatic heterocycles. The van der Waals surface area contributed by atoms with Crippen LogP contribution in [0.4, 0.5) is 0 Å². The Bertz CT molecular complexity index is 1180. The predicted molar refractivity (Wildman–Crippen MR) is 98.1 cm³/mol. The zero-order valence-electron chi connectivity index (χ0n) is 14.5. The molecule has 0 saturated heterocycles. The summed E-state index contributed by atoms with van der Waals surface area (Å²) in [4.78, 5) is 23.8.